The third kappa shape index (κ3) is 1.80. The van der Waals surface area contributed by atoms with Crippen LogP contribution < -0.4 is 0 Å². The van der Waals surface area contributed by atoms with Gasteiger partial charge in [-0.1, -0.05) is 12.1 Å². The molecule has 0 aliphatic heterocycles. The minimum atomic E-state index is 0.275. The van der Waals surface area contributed by atoms with Gasteiger partial charge in [0.25, 0.3) is 0 Å². The summed E-state index contributed by atoms with van der Waals surface area (Å²) in [5.41, 5.74) is 2.42. The summed E-state index contributed by atoms with van der Waals surface area (Å²) < 4.78 is 3.23. The predicted octanol–water partition coefficient (Wildman–Crippen LogP) is 4.78. The van der Waals surface area contributed by atoms with Crippen LogP contribution in [0.4, 0.5) is 0 Å². The number of hydrogen-bond acceptors (Lipinski definition) is 2. The zero-order valence-corrected chi connectivity index (χ0v) is 12.6. The van der Waals surface area contributed by atoms with Crippen LogP contribution in [0.1, 0.15) is 23.4 Å². The first-order valence-corrected chi connectivity index (χ1v) is 7.51. The van der Waals surface area contributed by atoms with E-state index in [0.29, 0.717) is 0 Å². The lowest BCUT2D eigenvalue weighted by Crippen LogP contribution is -2.06. The molecule has 1 aromatic carbocycles. The molecule has 3 aromatic rings. The van der Waals surface area contributed by atoms with Gasteiger partial charge in [-0.3, -0.25) is 4.68 Å². The Hall–Kier alpha value is -1.13. The number of benzene rings is 1. The van der Waals surface area contributed by atoms with Crippen LogP contribution >= 0.6 is 27.3 Å². The molecule has 0 spiro atoms. The van der Waals surface area contributed by atoms with Crippen LogP contribution in [-0.2, 0) is 0 Å². The first kappa shape index (κ1) is 11.9. The minimum absolute atomic E-state index is 0.275. The molecular weight excluding hydrogens is 308 g/mol. The van der Waals surface area contributed by atoms with Crippen molar-refractivity contribution in [1.82, 2.24) is 9.78 Å². The molecule has 2 aromatic heterocycles. The van der Waals surface area contributed by atoms with Crippen LogP contribution in [0.2, 0.25) is 0 Å². The average molecular weight is 321 g/mol. The van der Waals surface area contributed by atoms with Gasteiger partial charge in [-0.05, 0) is 52.9 Å². The summed E-state index contributed by atoms with van der Waals surface area (Å²) in [4.78, 5) is 1.33. The lowest BCUT2D eigenvalue weighted by atomic mass is 10.2. The molecule has 0 amide bonds. The van der Waals surface area contributed by atoms with Crippen LogP contribution in [0.3, 0.4) is 0 Å². The van der Waals surface area contributed by atoms with Gasteiger partial charge in [-0.25, -0.2) is 0 Å². The highest BCUT2D eigenvalue weighted by molar-refractivity contribution is 9.10. The summed E-state index contributed by atoms with van der Waals surface area (Å²) in [5, 5.41) is 7.83. The molecule has 0 N–H and O–H groups in total. The molecule has 92 valence electrons. The minimum Gasteiger partial charge on any atom is -0.257 e. The number of rotatable bonds is 2. The van der Waals surface area contributed by atoms with Gasteiger partial charge in [0.05, 0.1) is 17.8 Å². The van der Waals surface area contributed by atoms with E-state index in [1.165, 1.54) is 21.3 Å². The summed E-state index contributed by atoms with van der Waals surface area (Å²) in [6.45, 7) is 4.29. The normalized spacial score (nSPS) is 13.1. The fraction of sp³-hybridized carbons (Fsp3) is 0.214. The highest BCUT2D eigenvalue weighted by Gasteiger charge is 2.14. The van der Waals surface area contributed by atoms with Crippen LogP contribution in [-0.4, -0.2) is 9.78 Å². The monoisotopic (exact) mass is 320 g/mol. The molecule has 1 unspecified atom stereocenters. The average Bonchev–Trinajstić information content (AvgIpc) is 3.01. The number of fused-ring (bicyclic) bond motifs is 1. The standard InChI is InChI=1S/C14H13BrN2S/c1-9-5-6-12-11(14(9)15)8-16-17(12)10(2)13-4-3-7-18-13/h3-8,10H,1-2H3. The summed E-state index contributed by atoms with van der Waals surface area (Å²) in [6.07, 6.45) is 1.94. The molecule has 0 saturated heterocycles. The maximum absolute atomic E-state index is 4.55. The molecule has 2 heterocycles. The van der Waals surface area contributed by atoms with Crippen LogP contribution in [0.5, 0.6) is 0 Å². The number of nitrogens with zero attached hydrogens (tertiary/aromatic N) is 2. The molecule has 0 fully saturated rings. The largest absolute Gasteiger partial charge is 0.257 e. The van der Waals surface area contributed by atoms with Crippen molar-refractivity contribution in [2.24, 2.45) is 0 Å². The first-order chi connectivity index (χ1) is 8.68. The molecule has 0 radical (unpaired) electrons. The van der Waals surface area contributed by atoms with E-state index < -0.39 is 0 Å². The maximum Gasteiger partial charge on any atom is 0.0839 e. The molecular formula is C14H13BrN2S. The Bertz CT molecular complexity index is 685. The maximum atomic E-state index is 4.55. The molecule has 1 atom stereocenters. The highest BCUT2D eigenvalue weighted by Crippen LogP contribution is 2.31. The van der Waals surface area contributed by atoms with Gasteiger partial charge < -0.3 is 0 Å². The van der Waals surface area contributed by atoms with Gasteiger partial charge in [-0.15, -0.1) is 11.3 Å². The first-order valence-electron chi connectivity index (χ1n) is 5.84. The number of hydrogen-bond donors (Lipinski definition) is 0. The SMILES string of the molecule is Cc1ccc2c(cnn2C(C)c2cccs2)c1Br. The van der Waals surface area contributed by atoms with E-state index in [0.717, 1.165) is 4.47 Å². The van der Waals surface area contributed by atoms with E-state index in [4.69, 9.17) is 0 Å². The predicted molar refractivity (Wildman–Crippen MR) is 80.3 cm³/mol. The molecule has 18 heavy (non-hydrogen) atoms. The van der Waals surface area contributed by atoms with E-state index >= 15 is 0 Å². The van der Waals surface area contributed by atoms with Crippen LogP contribution in [0.25, 0.3) is 10.9 Å². The second kappa shape index (κ2) is 4.52. The summed E-state index contributed by atoms with van der Waals surface area (Å²) in [6, 6.07) is 8.80. The van der Waals surface area contributed by atoms with Crippen molar-refractivity contribution >= 4 is 38.2 Å². The Labute approximate surface area is 118 Å². The van der Waals surface area contributed by atoms with Crippen molar-refractivity contribution in [1.29, 1.82) is 0 Å². The second-order valence-corrected chi connectivity index (χ2v) is 6.18. The third-order valence-corrected chi connectivity index (χ3v) is 5.32. The lowest BCUT2D eigenvalue weighted by Gasteiger charge is -2.12. The van der Waals surface area contributed by atoms with E-state index in [-0.39, 0.29) is 6.04 Å². The van der Waals surface area contributed by atoms with E-state index in [1.54, 1.807) is 11.3 Å². The van der Waals surface area contributed by atoms with Gasteiger partial charge >= 0.3 is 0 Å². The van der Waals surface area contributed by atoms with E-state index in [2.05, 4.69) is 69.2 Å². The molecule has 0 aliphatic carbocycles. The molecule has 4 heteroatoms. The number of thiophene rings is 1. The van der Waals surface area contributed by atoms with Gasteiger partial charge in [0.15, 0.2) is 0 Å². The van der Waals surface area contributed by atoms with E-state index in [9.17, 15) is 0 Å². The zero-order valence-electron chi connectivity index (χ0n) is 10.2. The van der Waals surface area contributed by atoms with Crippen molar-refractivity contribution in [3.05, 3.63) is 50.8 Å². The highest BCUT2D eigenvalue weighted by atomic mass is 79.9. The van der Waals surface area contributed by atoms with E-state index in [1.807, 2.05) is 6.20 Å². The lowest BCUT2D eigenvalue weighted by molar-refractivity contribution is 0.593. The van der Waals surface area contributed by atoms with Crippen molar-refractivity contribution in [2.75, 3.05) is 0 Å². The van der Waals surface area contributed by atoms with Crippen molar-refractivity contribution in [3.63, 3.8) is 0 Å². The van der Waals surface area contributed by atoms with Crippen molar-refractivity contribution in [3.8, 4) is 0 Å². The molecule has 0 saturated carbocycles. The fourth-order valence-corrected chi connectivity index (χ4v) is 3.36. The summed E-state index contributed by atoms with van der Waals surface area (Å²) in [5.74, 6) is 0. The second-order valence-electron chi connectivity index (χ2n) is 4.41. The topological polar surface area (TPSA) is 17.8 Å². The quantitative estimate of drug-likeness (QED) is 0.664. The van der Waals surface area contributed by atoms with Gasteiger partial charge in [0, 0.05) is 14.7 Å². The molecule has 3 rings (SSSR count). The summed E-state index contributed by atoms with van der Waals surface area (Å²) >= 11 is 5.41. The number of aryl methyl sites for hydroxylation is 1. The van der Waals surface area contributed by atoms with Gasteiger partial charge in [0.1, 0.15) is 0 Å². The fourth-order valence-electron chi connectivity index (χ4n) is 2.15. The zero-order chi connectivity index (χ0) is 12.7. The van der Waals surface area contributed by atoms with Gasteiger partial charge in [-0.2, -0.15) is 5.10 Å². The van der Waals surface area contributed by atoms with Crippen LogP contribution in [0, 0.1) is 6.92 Å². The Morgan fingerprint density at radius 1 is 1.33 bits per heavy atom. The van der Waals surface area contributed by atoms with Crippen molar-refractivity contribution < 1.29 is 0 Å². The Kier molecular flexibility index (Phi) is 2.99. The van der Waals surface area contributed by atoms with Gasteiger partial charge in [0.2, 0.25) is 0 Å². The third-order valence-electron chi connectivity index (χ3n) is 3.23. The van der Waals surface area contributed by atoms with Crippen molar-refractivity contribution in [2.45, 2.75) is 19.9 Å². The van der Waals surface area contributed by atoms with Crippen LogP contribution in [0.15, 0.2) is 40.3 Å². The number of halogens is 1. The molecule has 0 aliphatic rings. The molecule has 0 bridgehead atoms. The Morgan fingerprint density at radius 2 is 2.17 bits per heavy atom. The Morgan fingerprint density at radius 3 is 2.89 bits per heavy atom. The molecule has 2 nitrogen and oxygen atoms in total. The summed E-state index contributed by atoms with van der Waals surface area (Å²) in [7, 11) is 0. The smallest absolute Gasteiger partial charge is 0.0839 e. The Balaban J connectivity index is 2.17. The number of aromatic nitrogens is 2.